The molecule has 1 fully saturated rings. The molecule has 1 aliphatic rings. The van der Waals surface area contributed by atoms with E-state index in [0.717, 1.165) is 29.7 Å². The van der Waals surface area contributed by atoms with Crippen molar-refractivity contribution in [3.8, 4) is 11.1 Å². The second-order valence-electron chi connectivity index (χ2n) is 10.0. The zero-order valence-electron chi connectivity index (χ0n) is 21.8. The van der Waals surface area contributed by atoms with Crippen LogP contribution >= 0.6 is 0 Å². The molecule has 2 N–H and O–H groups in total. The Bertz CT molecular complexity index is 1250. The van der Waals surface area contributed by atoms with Crippen molar-refractivity contribution in [2.75, 3.05) is 6.61 Å². The summed E-state index contributed by atoms with van der Waals surface area (Å²) in [6, 6.07) is 7.38. The first-order valence-corrected chi connectivity index (χ1v) is 13.5. The summed E-state index contributed by atoms with van der Waals surface area (Å²) in [5, 5.41) is 20.3. The fourth-order valence-corrected chi connectivity index (χ4v) is 5.06. The number of furan rings is 1. The van der Waals surface area contributed by atoms with E-state index < -0.39 is 24.1 Å². The van der Waals surface area contributed by atoms with E-state index in [1.165, 1.54) is 50.0 Å². The van der Waals surface area contributed by atoms with Crippen LogP contribution in [0, 0.1) is 0 Å². The molecule has 1 saturated heterocycles. The number of aryl methyl sites for hydroxylation is 1. The predicted octanol–water partition coefficient (Wildman–Crippen LogP) is 5.18. The van der Waals surface area contributed by atoms with Gasteiger partial charge in [-0.25, -0.2) is 4.79 Å². The van der Waals surface area contributed by atoms with Gasteiger partial charge in [0, 0.05) is 30.2 Å². The van der Waals surface area contributed by atoms with Gasteiger partial charge in [0.25, 0.3) is 0 Å². The molecular formula is C29H38N2O6. The Morgan fingerprint density at radius 2 is 1.76 bits per heavy atom. The zero-order valence-corrected chi connectivity index (χ0v) is 21.8. The molecule has 0 unspecified atom stereocenters. The zero-order chi connectivity index (χ0) is 26.4. The van der Waals surface area contributed by atoms with Crippen LogP contribution in [0.2, 0.25) is 0 Å². The maximum atomic E-state index is 12.8. The lowest BCUT2D eigenvalue weighted by atomic mass is 9.98. The normalized spacial score (nSPS) is 19.6. The summed E-state index contributed by atoms with van der Waals surface area (Å²) in [4.78, 5) is 28.8. The van der Waals surface area contributed by atoms with Crippen LogP contribution in [0.5, 0.6) is 0 Å². The number of aliphatic hydroxyl groups is 2. The second-order valence-corrected chi connectivity index (χ2v) is 10.0. The van der Waals surface area contributed by atoms with Crippen molar-refractivity contribution in [2.24, 2.45) is 0 Å². The largest absolute Gasteiger partial charge is 0.442 e. The average molecular weight is 511 g/mol. The number of rotatable bonds is 13. The number of carbonyl (C=O) groups is 1. The SMILES string of the molecule is CCCCCCCCCCc1oc2nc(=O)n([C@H]3C[C@H](O)[C@@H](CO)O3)cc2c1-c1ccc(C(C)=O)cc1. The van der Waals surface area contributed by atoms with Crippen molar-refractivity contribution < 1.29 is 24.2 Å². The third kappa shape index (κ3) is 6.37. The van der Waals surface area contributed by atoms with E-state index in [9.17, 15) is 19.8 Å². The van der Waals surface area contributed by atoms with E-state index in [-0.39, 0.29) is 24.5 Å². The summed E-state index contributed by atoms with van der Waals surface area (Å²) < 4.78 is 13.2. The Labute approximate surface area is 217 Å². The number of unbranched alkanes of at least 4 members (excludes halogenated alkanes) is 7. The molecule has 1 aromatic carbocycles. The topological polar surface area (TPSA) is 115 Å². The Hall–Kier alpha value is -2.81. The molecule has 0 aliphatic carbocycles. The number of Topliss-reactive ketones (excluding diaryl/α,β-unsaturated/α-hetero) is 1. The maximum absolute atomic E-state index is 12.8. The van der Waals surface area contributed by atoms with Gasteiger partial charge < -0.3 is 19.4 Å². The summed E-state index contributed by atoms with van der Waals surface area (Å²) in [6.45, 7) is 3.43. The lowest BCUT2D eigenvalue weighted by molar-refractivity contribution is -0.0457. The molecule has 3 heterocycles. The Morgan fingerprint density at radius 3 is 2.38 bits per heavy atom. The number of carbonyl (C=O) groups excluding carboxylic acids is 1. The van der Waals surface area contributed by atoms with E-state index in [4.69, 9.17) is 9.15 Å². The van der Waals surface area contributed by atoms with Gasteiger partial charge >= 0.3 is 5.69 Å². The molecule has 0 spiro atoms. The maximum Gasteiger partial charge on any atom is 0.353 e. The van der Waals surface area contributed by atoms with Crippen molar-refractivity contribution in [1.29, 1.82) is 0 Å². The van der Waals surface area contributed by atoms with Gasteiger partial charge in [0.2, 0.25) is 5.71 Å². The van der Waals surface area contributed by atoms with Crippen LogP contribution < -0.4 is 5.69 Å². The highest BCUT2D eigenvalue weighted by molar-refractivity contribution is 5.97. The van der Waals surface area contributed by atoms with Crippen LogP contribution in [-0.4, -0.2) is 44.4 Å². The highest BCUT2D eigenvalue weighted by atomic mass is 16.5. The number of ether oxygens (including phenoxy) is 1. The number of fused-ring (bicyclic) bond motifs is 1. The molecule has 3 aromatic rings. The Kier molecular flexibility index (Phi) is 9.29. The van der Waals surface area contributed by atoms with Crippen LogP contribution in [0.15, 0.2) is 39.7 Å². The van der Waals surface area contributed by atoms with Gasteiger partial charge in [-0.1, -0.05) is 76.1 Å². The van der Waals surface area contributed by atoms with Gasteiger partial charge in [-0.2, -0.15) is 4.98 Å². The molecule has 37 heavy (non-hydrogen) atoms. The third-order valence-electron chi connectivity index (χ3n) is 7.22. The van der Waals surface area contributed by atoms with Gasteiger partial charge in [-0.05, 0) is 18.9 Å². The number of hydrogen-bond donors (Lipinski definition) is 2. The van der Waals surface area contributed by atoms with E-state index >= 15 is 0 Å². The minimum atomic E-state index is -0.863. The smallest absolute Gasteiger partial charge is 0.353 e. The summed E-state index contributed by atoms with van der Waals surface area (Å²) in [5.74, 6) is 0.760. The fourth-order valence-electron chi connectivity index (χ4n) is 5.06. The lowest BCUT2D eigenvalue weighted by Crippen LogP contribution is -2.27. The predicted molar refractivity (Wildman–Crippen MR) is 142 cm³/mol. The van der Waals surface area contributed by atoms with Crippen molar-refractivity contribution in [3.63, 3.8) is 0 Å². The number of aromatic nitrogens is 2. The first-order chi connectivity index (χ1) is 17.9. The van der Waals surface area contributed by atoms with Gasteiger partial charge in [0.15, 0.2) is 5.78 Å². The van der Waals surface area contributed by atoms with Gasteiger partial charge in [-0.3, -0.25) is 9.36 Å². The van der Waals surface area contributed by atoms with Crippen LogP contribution in [0.3, 0.4) is 0 Å². The monoisotopic (exact) mass is 510 g/mol. The van der Waals surface area contributed by atoms with E-state index in [2.05, 4.69) is 11.9 Å². The number of benzene rings is 1. The van der Waals surface area contributed by atoms with E-state index in [0.29, 0.717) is 17.4 Å². The summed E-state index contributed by atoms with van der Waals surface area (Å²) >= 11 is 0. The molecule has 0 amide bonds. The molecule has 8 heteroatoms. The molecule has 3 atom stereocenters. The Morgan fingerprint density at radius 1 is 1.08 bits per heavy atom. The molecule has 0 radical (unpaired) electrons. The molecule has 8 nitrogen and oxygen atoms in total. The molecule has 0 saturated carbocycles. The minimum Gasteiger partial charge on any atom is -0.442 e. The first kappa shape index (κ1) is 27.2. The summed E-state index contributed by atoms with van der Waals surface area (Å²) in [5.41, 5.74) is 2.09. The number of ketones is 1. The average Bonchev–Trinajstić information content (AvgIpc) is 3.44. The van der Waals surface area contributed by atoms with Crippen molar-refractivity contribution in [2.45, 2.75) is 96.5 Å². The standard InChI is InChI=1S/C29H38N2O6/c1-3-4-5-6-7-8-9-10-11-24-27(21-14-12-20(13-15-21)19(2)33)22-17-31(29(35)30-28(22)37-24)26-16-23(34)25(18-32)36-26/h12-15,17,23,25-26,32,34H,3-11,16,18H2,1-2H3/t23-,25+,26+/m0/s1. The molecule has 4 rings (SSSR count). The summed E-state index contributed by atoms with van der Waals surface area (Å²) in [6.07, 6.45) is 9.85. The number of hydrogen-bond acceptors (Lipinski definition) is 7. The van der Waals surface area contributed by atoms with Crippen LogP contribution in [0.4, 0.5) is 0 Å². The van der Waals surface area contributed by atoms with Crippen LogP contribution in [-0.2, 0) is 11.2 Å². The van der Waals surface area contributed by atoms with Gasteiger partial charge in [-0.15, -0.1) is 0 Å². The second kappa shape index (κ2) is 12.6. The van der Waals surface area contributed by atoms with Crippen molar-refractivity contribution in [3.05, 3.63) is 52.3 Å². The number of aliphatic hydroxyl groups excluding tert-OH is 2. The van der Waals surface area contributed by atoms with E-state index in [1.54, 1.807) is 18.3 Å². The first-order valence-electron chi connectivity index (χ1n) is 13.5. The van der Waals surface area contributed by atoms with Gasteiger partial charge in [0.1, 0.15) is 18.1 Å². The lowest BCUT2D eigenvalue weighted by Gasteiger charge is -2.14. The third-order valence-corrected chi connectivity index (χ3v) is 7.22. The Balaban J connectivity index is 1.62. The number of nitrogens with zero attached hydrogens (tertiary/aromatic N) is 2. The van der Waals surface area contributed by atoms with Crippen molar-refractivity contribution >= 4 is 16.9 Å². The quantitative estimate of drug-likeness (QED) is 0.240. The molecule has 2 aromatic heterocycles. The molecular weight excluding hydrogens is 472 g/mol. The fraction of sp³-hybridized carbons (Fsp3) is 0.552. The highest BCUT2D eigenvalue weighted by Crippen LogP contribution is 2.36. The molecule has 0 bridgehead atoms. The van der Waals surface area contributed by atoms with Gasteiger partial charge in [0.05, 0.1) is 18.1 Å². The highest BCUT2D eigenvalue weighted by Gasteiger charge is 2.35. The van der Waals surface area contributed by atoms with E-state index in [1.807, 2.05) is 12.1 Å². The molecule has 1 aliphatic heterocycles. The van der Waals surface area contributed by atoms with Crippen LogP contribution in [0.1, 0.15) is 94.0 Å². The molecule has 200 valence electrons. The van der Waals surface area contributed by atoms with Crippen molar-refractivity contribution in [1.82, 2.24) is 9.55 Å². The minimum absolute atomic E-state index is 0.00588. The van der Waals surface area contributed by atoms with Crippen LogP contribution in [0.25, 0.3) is 22.2 Å². The summed E-state index contributed by atoms with van der Waals surface area (Å²) in [7, 11) is 0.